The highest BCUT2D eigenvalue weighted by Crippen LogP contribution is 2.62. The highest BCUT2D eigenvalue weighted by atomic mass is 32.2. The van der Waals surface area contributed by atoms with Crippen LogP contribution in [-0.4, -0.2) is 74.9 Å². The molecule has 208 valence electrons. The fourth-order valence-electron chi connectivity index (χ4n) is 6.88. The Balaban J connectivity index is 1.47. The second-order valence-electron chi connectivity index (χ2n) is 10.9. The zero-order valence-electron chi connectivity index (χ0n) is 22.6. The van der Waals surface area contributed by atoms with E-state index >= 15 is 0 Å². The van der Waals surface area contributed by atoms with Gasteiger partial charge in [-0.2, -0.15) is 0 Å². The Labute approximate surface area is 239 Å². The number of hydrogen-bond acceptors (Lipinski definition) is 5. The molecular formula is C32H35N3O4S. The van der Waals surface area contributed by atoms with Crippen molar-refractivity contribution in [2.75, 3.05) is 31.1 Å². The zero-order chi connectivity index (χ0) is 27.9. The summed E-state index contributed by atoms with van der Waals surface area (Å²) >= 11 is 1.57. The molecule has 3 amide bonds. The molecule has 2 aromatic carbocycles. The maximum atomic E-state index is 14.7. The summed E-state index contributed by atoms with van der Waals surface area (Å²) < 4.78 is -0.910. The Kier molecular flexibility index (Phi) is 7.31. The van der Waals surface area contributed by atoms with Gasteiger partial charge in [-0.15, -0.1) is 11.8 Å². The molecule has 0 bridgehead atoms. The minimum atomic E-state index is -0.910. The number of hydrogen-bond donors (Lipinski definition) is 1. The number of nitrogens with zero attached hydrogens (tertiary/aromatic N) is 3. The first-order valence-corrected chi connectivity index (χ1v) is 15.0. The molecule has 4 aliphatic rings. The Bertz CT molecular complexity index is 1330. The van der Waals surface area contributed by atoms with Crippen LogP contribution in [0.5, 0.6) is 0 Å². The summed E-state index contributed by atoms with van der Waals surface area (Å²) in [6.07, 6.45) is 9.92. The molecule has 6 rings (SSSR count). The van der Waals surface area contributed by atoms with Gasteiger partial charge in [-0.25, -0.2) is 0 Å². The number of rotatable bonds is 7. The van der Waals surface area contributed by atoms with Gasteiger partial charge in [0.05, 0.1) is 29.2 Å². The van der Waals surface area contributed by atoms with Crippen molar-refractivity contribution in [3.05, 3.63) is 90.5 Å². The number of anilines is 1. The summed E-state index contributed by atoms with van der Waals surface area (Å²) in [6.45, 7) is 3.28. The summed E-state index contributed by atoms with van der Waals surface area (Å²) in [7, 11) is 0. The standard InChI is InChI=1S/C32H35N3O4S/c1-2-3-18-33-19-11-17-32-27(26-25(40-32)16-10-20-34(29(26)37)23-14-8-5-9-15-23)30(38)35(28(32)31(33)39)24(21-36)22-12-6-4-7-13-22/h4-17,24-28,36H,2-3,18-21H2,1H3/t24-,25-,26+,27+,28?,32+/m1/s1. The van der Waals surface area contributed by atoms with Crippen LogP contribution < -0.4 is 4.90 Å². The summed E-state index contributed by atoms with van der Waals surface area (Å²) in [6, 6.07) is 17.4. The van der Waals surface area contributed by atoms with Crippen molar-refractivity contribution in [3.63, 3.8) is 0 Å². The Morgan fingerprint density at radius 2 is 1.68 bits per heavy atom. The minimum absolute atomic E-state index is 0.0993. The van der Waals surface area contributed by atoms with E-state index in [2.05, 4.69) is 13.0 Å². The molecule has 2 fully saturated rings. The topological polar surface area (TPSA) is 81.2 Å². The van der Waals surface area contributed by atoms with E-state index in [4.69, 9.17) is 0 Å². The quantitative estimate of drug-likeness (QED) is 0.524. The molecule has 0 aliphatic carbocycles. The number of aliphatic hydroxyl groups is 1. The molecule has 7 nitrogen and oxygen atoms in total. The first-order chi connectivity index (χ1) is 19.5. The van der Waals surface area contributed by atoms with E-state index < -0.39 is 28.7 Å². The van der Waals surface area contributed by atoms with Gasteiger partial charge in [-0.1, -0.05) is 86.2 Å². The third-order valence-corrected chi connectivity index (χ3v) is 10.5. The Morgan fingerprint density at radius 3 is 2.38 bits per heavy atom. The Hall–Kier alpha value is -3.36. The summed E-state index contributed by atoms with van der Waals surface area (Å²) in [5.41, 5.74) is 1.56. The van der Waals surface area contributed by atoms with Gasteiger partial charge in [0.15, 0.2) is 0 Å². The lowest BCUT2D eigenvalue weighted by atomic mass is 9.78. The fraction of sp³-hybridized carbons (Fsp3) is 0.406. The molecule has 1 N–H and O–H groups in total. The summed E-state index contributed by atoms with van der Waals surface area (Å²) in [5, 5.41) is 10.4. The lowest BCUT2D eigenvalue weighted by Gasteiger charge is -2.38. The molecule has 0 radical (unpaired) electrons. The van der Waals surface area contributed by atoms with Crippen molar-refractivity contribution in [2.45, 2.75) is 41.8 Å². The second kappa shape index (κ2) is 10.9. The minimum Gasteiger partial charge on any atom is -0.394 e. The summed E-state index contributed by atoms with van der Waals surface area (Å²) in [4.78, 5) is 48.6. The van der Waals surface area contributed by atoms with Gasteiger partial charge in [0.2, 0.25) is 17.7 Å². The number of carbonyl (C=O) groups is 3. The number of amides is 3. The number of unbranched alkanes of at least 4 members (excludes halogenated alkanes) is 1. The molecular weight excluding hydrogens is 522 g/mol. The molecule has 2 aromatic rings. The first kappa shape index (κ1) is 26.8. The number of thioether (sulfide) groups is 1. The van der Waals surface area contributed by atoms with Crippen molar-refractivity contribution in [3.8, 4) is 0 Å². The first-order valence-electron chi connectivity index (χ1n) is 14.2. The Morgan fingerprint density at radius 1 is 0.950 bits per heavy atom. The maximum absolute atomic E-state index is 14.7. The predicted octanol–water partition coefficient (Wildman–Crippen LogP) is 3.82. The number of fused-ring (bicyclic) bond motifs is 2. The van der Waals surface area contributed by atoms with Crippen LogP contribution in [0.1, 0.15) is 31.4 Å². The maximum Gasteiger partial charge on any atom is 0.247 e. The largest absolute Gasteiger partial charge is 0.394 e. The molecule has 2 saturated heterocycles. The van der Waals surface area contributed by atoms with Crippen LogP contribution in [0.25, 0.3) is 0 Å². The van der Waals surface area contributed by atoms with Crippen LogP contribution in [0.4, 0.5) is 5.69 Å². The normalized spacial score (nSPS) is 30.1. The van der Waals surface area contributed by atoms with Gasteiger partial charge in [-0.3, -0.25) is 14.4 Å². The lowest BCUT2D eigenvalue weighted by molar-refractivity contribution is -0.145. The van der Waals surface area contributed by atoms with E-state index in [1.165, 1.54) is 0 Å². The van der Waals surface area contributed by atoms with Gasteiger partial charge in [0.1, 0.15) is 6.04 Å². The van der Waals surface area contributed by atoms with Crippen molar-refractivity contribution >= 4 is 35.2 Å². The molecule has 4 aliphatic heterocycles. The fourth-order valence-corrected chi connectivity index (χ4v) is 8.87. The van der Waals surface area contributed by atoms with E-state index in [9.17, 15) is 19.5 Å². The van der Waals surface area contributed by atoms with E-state index in [1.54, 1.807) is 21.6 Å². The van der Waals surface area contributed by atoms with Gasteiger partial charge in [-0.05, 0) is 24.1 Å². The highest BCUT2D eigenvalue weighted by Gasteiger charge is 2.71. The van der Waals surface area contributed by atoms with E-state index in [-0.39, 0.29) is 29.6 Å². The molecule has 6 atom stereocenters. The van der Waals surface area contributed by atoms with Crippen LogP contribution in [0.15, 0.2) is 85.0 Å². The average molecular weight is 558 g/mol. The number of likely N-dealkylation sites (tertiary alicyclic amines) is 1. The smallest absolute Gasteiger partial charge is 0.247 e. The second-order valence-corrected chi connectivity index (χ2v) is 12.4. The number of para-hydroxylation sites is 1. The van der Waals surface area contributed by atoms with Gasteiger partial charge >= 0.3 is 0 Å². The lowest BCUT2D eigenvalue weighted by Crippen LogP contribution is -2.54. The third kappa shape index (κ3) is 4.20. The molecule has 8 heteroatoms. The molecule has 40 heavy (non-hydrogen) atoms. The van der Waals surface area contributed by atoms with Gasteiger partial charge in [0.25, 0.3) is 0 Å². The van der Waals surface area contributed by atoms with Crippen LogP contribution in [0.3, 0.4) is 0 Å². The molecule has 4 heterocycles. The van der Waals surface area contributed by atoms with E-state index in [0.29, 0.717) is 19.6 Å². The van der Waals surface area contributed by atoms with Crippen LogP contribution >= 0.6 is 11.8 Å². The van der Waals surface area contributed by atoms with Gasteiger partial charge < -0.3 is 19.8 Å². The summed E-state index contributed by atoms with van der Waals surface area (Å²) in [5.74, 6) is -1.79. The third-order valence-electron chi connectivity index (χ3n) is 8.72. The van der Waals surface area contributed by atoms with Crippen molar-refractivity contribution in [1.29, 1.82) is 0 Å². The van der Waals surface area contributed by atoms with Crippen molar-refractivity contribution in [2.24, 2.45) is 11.8 Å². The molecule has 1 spiro atoms. The van der Waals surface area contributed by atoms with Crippen molar-refractivity contribution < 1.29 is 19.5 Å². The predicted molar refractivity (Wildman–Crippen MR) is 157 cm³/mol. The SMILES string of the molecule is CCCCN1CC=C[C@]23S[C@@H]4C=CCN(c5ccccc5)C(=O)[C@@H]4[C@H]2C(=O)N([C@H](CO)c2ccccc2)C3C1=O. The molecule has 0 saturated carbocycles. The monoisotopic (exact) mass is 557 g/mol. The number of carbonyl (C=O) groups excluding carboxylic acids is 3. The highest BCUT2D eigenvalue weighted by molar-refractivity contribution is 8.02. The van der Waals surface area contributed by atoms with Crippen LogP contribution in [0.2, 0.25) is 0 Å². The zero-order valence-corrected chi connectivity index (χ0v) is 23.5. The van der Waals surface area contributed by atoms with E-state index in [0.717, 1.165) is 24.1 Å². The number of benzene rings is 2. The van der Waals surface area contributed by atoms with E-state index in [1.807, 2.05) is 83.8 Å². The van der Waals surface area contributed by atoms with Crippen LogP contribution in [-0.2, 0) is 14.4 Å². The molecule has 1 unspecified atom stereocenters. The number of aliphatic hydroxyl groups excluding tert-OH is 1. The van der Waals surface area contributed by atoms with Gasteiger partial charge in [0, 0.05) is 30.6 Å². The van der Waals surface area contributed by atoms with Crippen molar-refractivity contribution in [1.82, 2.24) is 9.80 Å². The van der Waals surface area contributed by atoms with Crippen LogP contribution in [0, 0.1) is 11.8 Å². The molecule has 0 aromatic heterocycles. The average Bonchev–Trinajstić information content (AvgIpc) is 3.30.